The van der Waals surface area contributed by atoms with Gasteiger partial charge in [-0.1, -0.05) is 13.8 Å². The Labute approximate surface area is 104 Å². The molecule has 0 saturated heterocycles. The third-order valence-electron chi connectivity index (χ3n) is 2.82. The number of hydrogen-bond acceptors (Lipinski definition) is 2. The fraction of sp³-hybridized carbons (Fsp3) is 1.00. The molecule has 0 heterocycles. The molecule has 0 atom stereocenters. The Hall–Kier alpha value is 0.354. The summed E-state index contributed by atoms with van der Waals surface area (Å²) in [4.78, 5) is 0. The van der Waals surface area contributed by atoms with Gasteiger partial charge < -0.3 is 8.85 Å². The summed E-state index contributed by atoms with van der Waals surface area (Å²) in [6.45, 7) is 15.6. The summed E-state index contributed by atoms with van der Waals surface area (Å²) in [7, 11) is -2.81. The summed E-state index contributed by atoms with van der Waals surface area (Å²) in [5.74, 6) is 0. The first-order chi connectivity index (χ1) is 7.33. The van der Waals surface area contributed by atoms with Gasteiger partial charge in [0.15, 0.2) is 16.6 Å². The summed E-state index contributed by atoms with van der Waals surface area (Å²) < 4.78 is 11.9. The van der Waals surface area contributed by atoms with E-state index in [1.54, 1.807) is 0 Å². The third kappa shape index (κ3) is 8.50. The van der Waals surface area contributed by atoms with Crippen LogP contribution in [0.3, 0.4) is 0 Å². The van der Waals surface area contributed by atoms with E-state index in [1.807, 2.05) is 0 Å². The second kappa shape index (κ2) is 7.64. The standard InChI is InChI=1S/C12H30O2Si2/c1-7-10-13-11-9-12-16(5,6)14-15(3,4)8-2/h7-12H2,1-6H3. The highest BCUT2D eigenvalue weighted by atomic mass is 28.4. The first-order valence-corrected chi connectivity index (χ1v) is 12.8. The topological polar surface area (TPSA) is 18.5 Å². The predicted molar refractivity (Wildman–Crippen MR) is 77.1 cm³/mol. The molecule has 0 radical (unpaired) electrons. The highest BCUT2D eigenvalue weighted by molar-refractivity contribution is 6.84. The highest BCUT2D eigenvalue weighted by Gasteiger charge is 2.30. The molecule has 0 fully saturated rings. The van der Waals surface area contributed by atoms with Crippen LogP contribution in [0.1, 0.15) is 26.7 Å². The quantitative estimate of drug-likeness (QED) is 0.457. The van der Waals surface area contributed by atoms with E-state index in [2.05, 4.69) is 40.0 Å². The Morgan fingerprint density at radius 2 is 1.50 bits per heavy atom. The monoisotopic (exact) mass is 262 g/mol. The zero-order valence-electron chi connectivity index (χ0n) is 12.1. The molecule has 0 unspecified atom stereocenters. The zero-order chi connectivity index (χ0) is 12.7. The van der Waals surface area contributed by atoms with Crippen LogP contribution in [0.15, 0.2) is 0 Å². The van der Waals surface area contributed by atoms with Crippen LogP contribution in [-0.2, 0) is 8.85 Å². The molecule has 0 bridgehead atoms. The minimum atomic E-state index is -1.44. The molecule has 0 saturated carbocycles. The maximum atomic E-state index is 6.40. The van der Waals surface area contributed by atoms with E-state index in [-0.39, 0.29) is 0 Å². The molecular formula is C12H30O2Si2. The third-order valence-corrected chi connectivity index (χ3v) is 10.5. The van der Waals surface area contributed by atoms with Gasteiger partial charge in [0, 0.05) is 13.2 Å². The van der Waals surface area contributed by atoms with Crippen molar-refractivity contribution in [3.8, 4) is 0 Å². The average Bonchev–Trinajstić information content (AvgIpc) is 2.16. The zero-order valence-corrected chi connectivity index (χ0v) is 14.1. The lowest BCUT2D eigenvalue weighted by molar-refractivity contribution is 0.135. The van der Waals surface area contributed by atoms with Crippen LogP contribution in [0.25, 0.3) is 0 Å². The molecule has 0 N–H and O–H groups in total. The fourth-order valence-electron chi connectivity index (χ4n) is 1.72. The van der Waals surface area contributed by atoms with Gasteiger partial charge in [0.05, 0.1) is 0 Å². The van der Waals surface area contributed by atoms with Crippen molar-refractivity contribution in [3.63, 3.8) is 0 Å². The molecule has 16 heavy (non-hydrogen) atoms. The van der Waals surface area contributed by atoms with Crippen molar-refractivity contribution in [2.45, 2.75) is 65.0 Å². The minimum absolute atomic E-state index is 0.901. The molecule has 0 aliphatic heterocycles. The Bertz CT molecular complexity index is 182. The number of rotatable bonds is 9. The van der Waals surface area contributed by atoms with Crippen LogP contribution >= 0.6 is 0 Å². The molecule has 0 aliphatic rings. The Kier molecular flexibility index (Phi) is 7.80. The average molecular weight is 263 g/mol. The van der Waals surface area contributed by atoms with Crippen LogP contribution in [0.4, 0.5) is 0 Å². The van der Waals surface area contributed by atoms with Gasteiger partial charge in [-0.15, -0.1) is 0 Å². The Morgan fingerprint density at radius 1 is 0.875 bits per heavy atom. The van der Waals surface area contributed by atoms with Gasteiger partial charge in [0.2, 0.25) is 0 Å². The summed E-state index contributed by atoms with van der Waals surface area (Å²) in [6, 6.07) is 2.45. The smallest absolute Gasteiger partial charge is 0.173 e. The van der Waals surface area contributed by atoms with Crippen LogP contribution in [0, 0.1) is 0 Å². The summed E-state index contributed by atoms with van der Waals surface area (Å²) >= 11 is 0. The summed E-state index contributed by atoms with van der Waals surface area (Å²) in [5, 5.41) is 0. The van der Waals surface area contributed by atoms with Gasteiger partial charge in [-0.3, -0.25) is 0 Å². The first kappa shape index (κ1) is 16.4. The first-order valence-electron chi connectivity index (χ1n) is 6.61. The minimum Gasteiger partial charge on any atom is -0.456 e. The van der Waals surface area contributed by atoms with Gasteiger partial charge >= 0.3 is 0 Å². The van der Waals surface area contributed by atoms with E-state index in [0.29, 0.717) is 0 Å². The maximum absolute atomic E-state index is 6.40. The van der Waals surface area contributed by atoms with Gasteiger partial charge in [-0.25, -0.2) is 0 Å². The van der Waals surface area contributed by atoms with Crippen LogP contribution in [0.2, 0.25) is 38.3 Å². The van der Waals surface area contributed by atoms with E-state index in [0.717, 1.165) is 26.1 Å². The molecule has 4 heteroatoms. The lowest BCUT2D eigenvalue weighted by atomic mass is 10.5. The van der Waals surface area contributed by atoms with Crippen LogP contribution in [0.5, 0.6) is 0 Å². The van der Waals surface area contributed by atoms with E-state index in [1.165, 1.54) is 12.1 Å². The molecule has 0 aromatic rings. The van der Waals surface area contributed by atoms with E-state index in [4.69, 9.17) is 8.85 Å². The largest absolute Gasteiger partial charge is 0.456 e. The lowest BCUT2D eigenvalue weighted by Crippen LogP contribution is -2.43. The number of hydrogen-bond donors (Lipinski definition) is 0. The molecule has 98 valence electrons. The molecule has 0 rings (SSSR count). The van der Waals surface area contributed by atoms with Crippen molar-refractivity contribution in [2.24, 2.45) is 0 Å². The molecule has 0 aromatic heterocycles. The molecule has 0 aliphatic carbocycles. The van der Waals surface area contributed by atoms with E-state index < -0.39 is 16.6 Å². The van der Waals surface area contributed by atoms with Crippen LogP contribution < -0.4 is 0 Å². The van der Waals surface area contributed by atoms with Crippen molar-refractivity contribution in [2.75, 3.05) is 13.2 Å². The second-order valence-corrected chi connectivity index (χ2v) is 14.8. The summed E-state index contributed by atoms with van der Waals surface area (Å²) in [5.41, 5.74) is 0. The SMILES string of the molecule is CCCOCCC[Si](C)(C)O[Si](C)(C)CC. The van der Waals surface area contributed by atoms with E-state index >= 15 is 0 Å². The van der Waals surface area contributed by atoms with Crippen molar-refractivity contribution >= 4 is 16.6 Å². The lowest BCUT2D eigenvalue weighted by Gasteiger charge is -2.33. The molecular weight excluding hydrogens is 232 g/mol. The van der Waals surface area contributed by atoms with E-state index in [9.17, 15) is 0 Å². The van der Waals surface area contributed by atoms with Crippen molar-refractivity contribution < 1.29 is 8.85 Å². The predicted octanol–water partition coefficient (Wildman–Crippen LogP) is 4.25. The van der Waals surface area contributed by atoms with Gasteiger partial charge in [0.1, 0.15) is 0 Å². The Morgan fingerprint density at radius 3 is 2.00 bits per heavy atom. The molecule has 0 spiro atoms. The number of ether oxygens (including phenoxy) is 1. The normalized spacial score (nSPS) is 13.1. The molecule has 2 nitrogen and oxygen atoms in total. The Balaban J connectivity index is 3.78. The van der Waals surface area contributed by atoms with Gasteiger partial charge in [0.25, 0.3) is 0 Å². The highest BCUT2D eigenvalue weighted by Crippen LogP contribution is 2.22. The maximum Gasteiger partial charge on any atom is 0.173 e. The second-order valence-electron chi connectivity index (χ2n) is 5.69. The summed E-state index contributed by atoms with van der Waals surface area (Å²) in [6.07, 6.45) is 2.28. The molecule has 0 amide bonds. The van der Waals surface area contributed by atoms with Crippen molar-refractivity contribution in [3.05, 3.63) is 0 Å². The van der Waals surface area contributed by atoms with Crippen LogP contribution in [-0.4, -0.2) is 29.8 Å². The fourth-order valence-corrected chi connectivity index (χ4v) is 9.68. The van der Waals surface area contributed by atoms with Crippen molar-refractivity contribution in [1.29, 1.82) is 0 Å². The van der Waals surface area contributed by atoms with Gasteiger partial charge in [-0.05, 0) is 51.1 Å². The van der Waals surface area contributed by atoms with Crippen molar-refractivity contribution in [1.82, 2.24) is 0 Å². The molecule has 0 aromatic carbocycles. The van der Waals surface area contributed by atoms with Gasteiger partial charge in [-0.2, -0.15) is 0 Å².